The van der Waals surface area contributed by atoms with Crippen LogP contribution in [0.5, 0.6) is 0 Å². The topological polar surface area (TPSA) is 67.6 Å². The molecule has 0 aliphatic carbocycles. The fraction of sp³-hybridized carbons (Fsp3) is 0.588. The smallest absolute Gasteiger partial charge is 0.379 e. The van der Waals surface area contributed by atoms with Crippen molar-refractivity contribution >= 4 is 5.91 Å². The van der Waals surface area contributed by atoms with E-state index in [2.05, 4.69) is 10.2 Å². The van der Waals surface area contributed by atoms with E-state index in [0.717, 1.165) is 17.7 Å². The number of rotatable bonds is 6. The molecule has 2 rings (SSSR count). The molecule has 1 aliphatic heterocycles. The molecule has 1 aromatic carbocycles. The molecule has 1 saturated heterocycles. The minimum absolute atomic E-state index is 0.160. The van der Waals surface area contributed by atoms with Crippen molar-refractivity contribution in [1.29, 1.82) is 0 Å². The molecule has 1 heterocycles. The molecule has 1 amide bonds. The van der Waals surface area contributed by atoms with E-state index in [0.29, 0.717) is 32.8 Å². The molecule has 0 spiro atoms. The van der Waals surface area contributed by atoms with E-state index in [1.165, 1.54) is 12.1 Å². The molecule has 8 heteroatoms. The Labute approximate surface area is 145 Å². The van der Waals surface area contributed by atoms with Gasteiger partial charge in [-0.1, -0.05) is 19.1 Å². The maximum absolute atomic E-state index is 12.8. The van der Waals surface area contributed by atoms with Gasteiger partial charge in [-0.3, -0.25) is 9.69 Å². The zero-order valence-electron chi connectivity index (χ0n) is 14.2. The summed E-state index contributed by atoms with van der Waals surface area (Å²) in [5.74, 6) is -0.467. The third kappa shape index (κ3) is 5.42. The summed E-state index contributed by atoms with van der Waals surface area (Å²) < 4.78 is 43.6. The lowest BCUT2D eigenvalue weighted by atomic mass is 10.0. The Bertz CT molecular complexity index is 557. The lowest BCUT2D eigenvalue weighted by Crippen LogP contribution is -2.45. The summed E-state index contributed by atoms with van der Waals surface area (Å²) >= 11 is 0. The van der Waals surface area contributed by atoms with Gasteiger partial charge in [0, 0.05) is 32.1 Å². The zero-order chi connectivity index (χ0) is 18.4. The van der Waals surface area contributed by atoms with Gasteiger partial charge in [-0.15, -0.1) is 0 Å². The van der Waals surface area contributed by atoms with Crippen molar-refractivity contribution in [3.05, 3.63) is 35.4 Å². The molecule has 0 saturated carbocycles. The Hall–Kier alpha value is -1.64. The molecule has 0 radical (unpaired) electrons. The third-order valence-electron chi connectivity index (χ3n) is 4.38. The van der Waals surface area contributed by atoms with E-state index in [4.69, 9.17) is 10.5 Å². The second kappa shape index (κ2) is 8.64. The van der Waals surface area contributed by atoms with Gasteiger partial charge in [0.05, 0.1) is 24.8 Å². The Morgan fingerprint density at radius 1 is 1.28 bits per heavy atom. The molecular formula is C17H24F3N3O2. The lowest BCUT2D eigenvalue weighted by Gasteiger charge is -2.35. The number of halogens is 3. The van der Waals surface area contributed by atoms with Crippen LogP contribution in [-0.2, 0) is 15.7 Å². The van der Waals surface area contributed by atoms with Crippen molar-refractivity contribution in [2.75, 3.05) is 39.4 Å². The molecule has 2 unspecified atom stereocenters. The maximum atomic E-state index is 12.8. The average Bonchev–Trinajstić information content (AvgIpc) is 2.61. The lowest BCUT2D eigenvalue weighted by molar-refractivity contribution is -0.137. The van der Waals surface area contributed by atoms with Crippen molar-refractivity contribution in [3.8, 4) is 0 Å². The van der Waals surface area contributed by atoms with Gasteiger partial charge in [-0.05, 0) is 17.7 Å². The van der Waals surface area contributed by atoms with Crippen LogP contribution in [0.4, 0.5) is 13.2 Å². The SMILES string of the molecule is CC(CN)C(=O)NCC(c1ccc(C(F)(F)F)cc1)N1CCOCC1. The van der Waals surface area contributed by atoms with Gasteiger partial charge in [0.1, 0.15) is 0 Å². The van der Waals surface area contributed by atoms with Gasteiger partial charge < -0.3 is 15.8 Å². The number of amides is 1. The third-order valence-corrected chi connectivity index (χ3v) is 4.38. The van der Waals surface area contributed by atoms with E-state index >= 15 is 0 Å². The van der Waals surface area contributed by atoms with Gasteiger partial charge in [0.2, 0.25) is 5.91 Å². The second-order valence-corrected chi connectivity index (χ2v) is 6.17. The molecule has 1 aromatic rings. The minimum Gasteiger partial charge on any atom is -0.379 e. The number of hydrogen-bond acceptors (Lipinski definition) is 4. The monoisotopic (exact) mass is 359 g/mol. The number of nitrogens with zero attached hydrogens (tertiary/aromatic N) is 1. The Morgan fingerprint density at radius 3 is 2.40 bits per heavy atom. The molecule has 3 N–H and O–H groups in total. The van der Waals surface area contributed by atoms with E-state index in [-0.39, 0.29) is 24.4 Å². The van der Waals surface area contributed by atoms with Crippen LogP contribution >= 0.6 is 0 Å². The van der Waals surface area contributed by atoms with Crippen LogP contribution in [0.1, 0.15) is 24.1 Å². The number of carbonyl (C=O) groups excluding carboxylic acids is 1. The molecule has 25 heavy (non-hydrogen) atoms. The molecule has 5 nitrogen and oxygen atoms in total. The van der Waals surface area contributed by atoms with Crippen LogP contribution in [-0.4, -0.2) is 50.2 Å². The molecule has 0 aromatic heterocycles. The standard InChI is InChI=1S/C17H24F3N3O2/c1-12(10-21)16(24)22-11-15(23-6-8-25-9-7-23)13-2-4-14(5-3-13)17(18,19)20/h2-5,12,15H,6-11,21H2,1H3,(H,22,24). The van der Waals surface area contributed by atoms with Crippen LogP contribution in [0, 0.1) is 5.92 Å². The van der Waals surface area contributed by atoms with E-state index in [9.17, 15) is 18.0 Å². The number of nitrogens with one attached hydrogen (secondary N) is 1. The van der Waals surface area contributed by atoms with Crippen LogP contribution in [0.25, 0.3) is 0 Å². The number of nitrogens with two attached hydrogens (primary N) is 1. The first kappa shape index (κ1) is 19.7. The molecule has 0 bridgehead atoms. The fourth-order valence-corrected chi connectivity index (χ4v) is 2.72. The predicted octanol–water partition coefficient (Wildman–Crippen LogP) is 1.79. The minimum atomic E-state index is -4.36. The van der Waals surface area contributed by atoms with Crippen molar-refractivity contribution in [1.82, 2.24) is 10.2 Å². The van der Waals surface area contributed by atoms with Crippen molar-refractivity contribution in [2.45, 2.75) is 19.1 Å². The molecule has 1 aliphatic rings. The summed E-state index contributed by atoms with van der Waals surface area (Å²) in [5.41, 5.74) is 5.55. The summed E-state index contributed by atoms with van der Waals surface area (Å²) in [5, 5.41) is 2.85. The summed E-state index contributed by atoms with van der Waals surface area (Å²) in [6.45, 7) is 4.73. The zero-order valence-corrected chi connectivity index (χ0v) is 14.2. The number of morpholine rings is 1. The van der Waals surface area contributed by atoms with Gasteiger partial charge in [0.25, 0.3) is 0 Å². The van der Waals surface area contributed by atoms with Gasteiger partial charge in [0.15, 0.2) is 0 Å². The Balaban J connectivity index is 2.14. The van der Waals surface area contributed by atoms with E-state index < -0.39 is 11.7 Å². The largest absolute Gasteiger partial charge is 0.416 e. The molecule has 1 fully saturated rings. The number of alkyl halides is 3. The first-order valence-electron chi connectivity index (χ1n) is 8.29. The fourth-order valence-electron chi connectivity index (χ4n) is 2.72. The molecule has 2 atom stereocenters. The van der Waals surface area contributed by atoms with Gasteiger partial charge >= 0.3 is 6.18 Å². The van der Waals surface area contributed by atoms with Crippen molar-refractivity contribution in [3.63, 3.8) is 0 Å². The number of hydrogen-bond donors (Lipinski definition) is 2. The normalized spacial score (nSPS) is 18.6. The number of benzene rings is 1. The van der Waals surface area contributed by atoms with Crippen molar-refractivity contribution < 1.29 is 22.7 Å². The van der Waals surface area contributed by atoms with Gasteiger partial charge in [-0.2, -0.15) is 13.2 Å². The predicted molar refractivity (Wildman–Crippen MR) is 87.8 cm³/mol. The first-order valence-corrected chi connectivity index (χ1v) is 8.29. The van der Waals surface area contributed by atoms with Crippen LogP contribution in [0.2, 0.25) is 0 Å². The highest BCUT2D eigenvalue weighted by atomic mass is 19.4. The maximum Gasteiger partial charge on any atom is 0.416 e. The average molecular weight is 359 g/mol. The summed E-state index contributed by atoms with van der Waals surface area (Å²) in [6, 6.07) is 4.89. The number of ether oxygens (including phenoxy) is 1. The highest BCUT2D eigenvalue weighted by molar-refractivity contribution is 5.78. The van der Waals surface area contributed by atoms with E-state index in [1.807, 2.05) is 0 Å². The number of carbonyl (C=O) groups is 1. The first-order chi connectivity index (χ1) is 11.8. The molecule has 140 valence electrons. The van der Waals surface area contributed by atoms with Gasteiger partial charge in [-0.25, -0.2) is 0 Å². The highest BCUT2D eigenvalue weighted by Gasteiger charge is 2.31. The molecular weight excluding hydrogens is 335 g/mol. The summed E-state index contributed by atoms with van der Waals surface area (Å²) in [7, 11) is 0. The van der Waals surface area contributed by atoms with Crippen LogP contribution in [0.3, 0.4) is 0 Å². The van der Waals surface area contributed by atoms with Crippen molar-refractivity contribution in [2.24, 2.45) is 11.7 Å². The second-order valence-electron chi connectivity index (χ2n) is 6.17. The quantitative estimate of drug-likeness (QED) is 0.813. The Morgan fingerprint density at radius 2 is 1.88 bits per heavy atom. The van der Waals surface area contributed by atoms with E-state index in [1.54, 1.807) is 6.92 Å². The van der Waals surface area contributed by atoms with Crippen LogP contribution in [0.15, 0.2) is 24.3 Å². The highest BCUT2D eigenvalue weighted by Crippen LogP contribution is 2.31. The Kier molecular flexibility index (Phi) is 6.80. The summed E-state index contributed by atoms with van der Waals surface area (Å²) in [6.07, 6.45) is -4.36. The summed E-state index contributed by atoms with van der Waals surface area (Å²) in [4.78, 5) is 14.1. The van der Waals surface area contributed by atoms with Crippen LogP contribution < -0.4 is 11.1 Å².